The van der Waals surface area contributed by atoms with Gasteiger partial charge in [0.15, 0.2) is 6.10 Å². The Morgan fingerprint density at radius 1 is 1.15 bits per heavy atom. The van der Waals surface area contributed by atoms with Gasteiger partial charge in [-0.3, -0.25) is 4.79 Å². The van der Waals surface area contributed by atoms with Gasteiger partial charge in [-0.1, -0.05) is 25.0 Å². The SMILES string of the molecule is C[C@H](OC(=O)c1cc2c(s1)-c1ccccc1OC2)C(=O)N1CCCCCC1. The molecule has 6 heteroatoms. The van der Waals surface area contributed by atoms with Crippen LogP contribution in [0.15, 0.2) is 30.3 Å². The van der Waals surface area contributed by atoms with E-state index >= 15 is 0 Å². The summed E-state index contributed by atoms with van der Waals surface area (Å²) in [6.07, 6.45) is 3.58. The van der Waals surface area contributed by atoms with Crippen LogP contribution in [-0.4, -0.2) is 36.0 Å². The van der Waals surface area contributed by atoms with Crippen LogP contribution in [0.1, 0.15) is 47.8 Å². The molecule has 4 rings (SSSR count). The minimum absolute atomic E-state index is 0.0970. The molecule has 1 aromatic heterocycles. The fraction of sp³-hybridized carbons (Fsp3) is 0.429. The summed E-state index contributed by atoms with van der Waals surface area (Å²) in [6.45, 7) is 3.61. The molecule has 0 aliphatic carbocycles. The summed E-state index contributed by atoms with van der Waals surface area (Å²) in [4.78, 5) is 28.6. The van der Waals surface area contributed by atoms with E-state index in [0.29, 0.717) is 11.5 Å². The second-order valence-corrected chi connectivity index (χ2v) is 8.09. The first-order valence-corrected chi connectivity index (χ1v) is 10.3. The highest BCUT2D eigenvalue weighted by molar-refractivity contribution is 7.17. The van der Waals surface area contributed by atoms with Crippen molar-refractivity contribution in [2.24, 2.45) is 0 Å². The van der Waals surface area contributed by atoms with Crippen LogP contribution in [0.25, 0.3) is 10.4 Å². The number of fused-ring (bicyclic) bond motifs is 3. The van der Waals surface area contributed by atoms with Crippen molar-refractivity contribution in [1.29, 1.82) is 0 Å². The normalized spacial score (nSPS) is 17.1. The molecule has 0 radical (unpaired) electrons. The van der Waals surface area contributed by atoms with Crippen molar-refractivity contribution >= 4 is 23.2 Å². The molecule has 2 aliphatic heterocycles. The molecule has 0 N–H and O–H groups in total. The Kier molecular flexibility index (Phi) is 5.16. The average Bonchev–Trinajstić information content (AvgIpc) is 2.95. The molecule has 2 aliphatic rings. The molecule has 0 bridgehead atoms. The van der Waals surface area contributed by atoms with Gasteiger partial charge in [-0.25, -0.2) is 4.79 Å². The maximum absolute atomic E-state index is 12.6. The summed E-state index contributed by atoms with van der Waals surface area (Å²) < 4.78 is 11.2. The van der Waals surface area contributed by atoms with E-state index < -0.39 is 12.1 Å². The molecule has 1 amide bonds. The molecule has 27 heavy (non-hydrogen) atoms. The number of rotatable bonds is 3. The molecule has 3 heterocycles. The lowest BCUT2D eigenvalue weighted by molar-refractivity contribution is -0.139. The standard InChI is InChI=1S/C21H23NO4S/c1-14(20(23)22-10-6-2-3-7-11-22)26-21(24)18-12-15-13-25-17-9-5-4-8-16(17)19(15)27-18/h4-5,8-9,12,14H,2-3,6-7,10-11,13H2,1H3/t14-/m0/s1. The Morgan fingerprint density at radius 3 is 2.67 bits per heavy atom. The third kappa shape index (κ3) is 3.72. The Labute approximate surface area is 162 Å². The Balaban J connectivity index is 1.46. The van der Waals surface area contributed by atoms with Crippen molar-refractivity contribution in [3.05, 3.63) is 40.8 Å². The second-order valence-electron chi connectivity index (χ2n) is 7.04. The van der Waals surface area contributed by atoms with Crippen molar-refractivity contribution in [2.75, 3.05) is 13.1 Å². The summed E-state index contributed by atoms with van der Waals surface area (Å²) in [5.74, 6) is 0.291. The van der Waals surface area contributed by atoms with E-state index in [2.05, 4.69) is 0 Å². The van der Waals surface area contributed by atoms with Crippen LogP contribution in [0, 0.1) is 0 Å². The molecule has 0 saturated carbocycles. The van der Waals surface area contributed by atoms with E-state index in [0.717, 1.165) is 60.5 Å². The van der Waals surface area contributed by atoms with E-state index in [1.54, 1.807) is 6.92 Å². The lowest BCUT2D eigenvalue weighted by Crippen LogP contribution is -2.40. The summed E-state index contributed by atoms with van der Waals surface area (Å²) in [5.41, 5.74) is 1.98. The summed E-state index contributed by atoms with van der Waals surface area (Å²) >= 11 is 1.40. The number of carbonyl (C=O) groups is 2. The number of thiophene rings is 1. The van der Waals surface area contributed by atoms with Gasteiger partial charge in [-0.15, -0.1) is 11.3 Å². The van der Waals surface area contributed by atoms with E-state index in [4.69, 9.17) is 9.47 Å². The lowest BCUT2D eigenvalue weighted by atomic mass is 10.1. The van der Waals surface area contributed by atoms with Gasteiger partial charge in [0.25, 0.3) is 5.91 Å². The largest absolute Gasteiger partial charge is 0.488 e. The number of hydrogen-bond donors (Lipinski definition) is 0. The minimum atomic E-state index is -0.765. The third-order valence-corrected chi connectivity index (χ3v) is 6.27. The number of likely N-dealkylation sites (tertiary alicyclic amines) is 1. The number of ether oxygens (including phenoxy) is 2. The predicted molar refractivity (Wildman–Crippen MR) is 104 cm³/mol. The summed E-state index contributed by atoms with van der Waals surface area (Å²) in [7, 11) is 0. The van der Waals surface area contributed by atoms with E-state index in [1.807, 2.05) is 35.2 Å². The Bertz CT molecular complexity index is 852. The van der Waals surface area contributed by atoms with Crippen LogP contribution in [-0.2, 0) is 16.1 Å². The third-order valence-electron chi connectivity index (χ3n) is 5.07. The number of carbonyl (C=O) groups excluding carboxylic acids is 2. The highest BCUT2D eigenvalue weighted by Gasteiger charge is 2.27. The van der Waals surface area contributed by atoms with Gasteiger partial charge in [-0.05, 0) is 38.0 Å². The number of benzene rings is 1. The Morgan fingerprint density at radius 2 is 1.89 bits per heavy atom. The first-order chi connectivity index (χ1) is 13.1. The number of amides is 1. The highest BCUT2D eigenvalue weighted by atomic mass is 32.1. The molecule has 2 aromatic rings. The Hall–Kier alpha value is -2.34. The van der Waals surface area contributed by atoms with Gasteiger partial charge in [0.05, 0.1) is 0 Å². The quantitative estimate of drug-likeness (QED) is 0.741. The fourth-order valence-corrected chi connectivity index (χ4v) is 4.70. The predicted octanol–water partition coefficient (Wildman–Crippen LogP) is 4.26. The van der Waals surface area contributed by atoms with E-state index in [1.165, 1.54) is 11.3 Å². The zero-order chi connectivity index (χ0) is 18.8. The molecule has 1 fully saturated rings. The molecule has 1 atom stereocenters. The number of esters is 1. The van der Waals surface area contributed by atoms with E-state index in [9.17, 15) is 9.59 Å². The summed E-state index contributed by atoms with van der Waals surface area (Å²) in [6, 6.07) is 9.63. The number of hydrogen-bond acceptors (Lipinski definition) is 5. The van der Waals surface area contributed by atoms with Gasteiger partial charge < -0.3 is 14.4 Å². The minimum Gasteiger partial charge on any atom is -0.488 e. The fourth-order valence-electron chi connectivity index (χ4n) is 3.62. The molecule has 1 aromatic carbocycles. The van der Waals surface area contributed by atoms with Crippen molar-refractivity contribution in [1.82, 2.24) is 4.90 Å². The van der Waals surface area contributed by atoms with Crippen molar-refractivity contribution in [3.8, 4) is 16.2 Å². The first-order valence-electron chi connectivity index (χ1n) is 9.48. The van der Waals surface area contributed by atoms with Crippen molar-refractivity contribution < 1.29 is 19.1 Å². The molecule has 0 spiro atoms. The van der Waals surface area contributed by atoms with Crippen LogP contribution in [0.3, 0.4) is 0 Å². The summed E-state index contributed by atoms with van der Waals surface area (Å²) in [5, 5.41) is 0. The van der Waals surface area contributed by atoms with Crippen LogP contribution >= 0.6 is 11.3 Å². The molecule has 0 unspecified atom stereocenters. The van der Waals surface area contributed by atoms with Crippen LogP contribution < -0.4 is 4.74 Å². The highest BCUT2D eigenvalue weighted by Crippen LogP contribution is 2.42. The molecule has 5 nitrogen and oxygen atoms in total. The molecular formula is C21H23NO4S. The molecule has 142 valence electrons. The van der Waals surface area contributed by atoms with Crippen LogP contribution in [0.5, 0.6) is 5.75 Å². The first kappa shape index (κ1) is 18.0. The number of nitrogens with zero attached hydrogens (tertiary/aromatic N) is 1. The topological polar surface area (TPSA) is 55.8 Å². The van der Waals surface area contributed by atoms with Crippen LogP contribution in [0.4, 0.5) is 0 Å². The smallest absolute Gasteiger partial charge is 0.349 e. The molecular weight excluding hydrogens is 362 g/mol. The zero-order valence-corrected chi connectivity index (χ0v) is 16.2. The van der Waals surface area contributed by atoms with Gasteiger partial charge >= 0.3 is 5.97 Å². The maximum atomic E-state index is 12.6. The maximum Gasteiger partial charge on any atom is 0.349 e. The van der Waals surface area contributed by atoms with Gasteiger partial charge in [0.2, 0.25) is 0 Å². The van der Waals surface area contributed by atoms with Crippen LogP contribution in [0.2, 0.25) is 0 Å². The van der Waals surface area contributed by atoms with Crippen molar-refractivity contribution in [2.45, 2.75) is 45.3 Å². The van der Waals surface area contributed by atoms with E-state index in [-0.39, 0.29) is 5.91 Å². The van der Waals surface area contributed by atoms with Crippen molar-refractivity contribution in [3.63, 3.8) is 0 Å². The van der Waals surface area contributed by atoms with Gasteiger partial charge in [0.1, 0.15) is 17.2 Å². The van der Waals surface area contributed by atoms with Gasteiger partial charge in [0, 0.05) is 29.1 Å². The zero-order valence-electron chi connectivity index (χ0n) is 15.4. The monoisotopic (exact) mass is 385 g/mol. The lowest BCUT2D eigenvalue weighted by Gasteiger charge is -2.23. The van der Waals surface area contributed by atoms with Gasteiger partial charge in [-0.2, -0.15) is 0 Å². The number of para-hydroxylation sites is 1. The second kappa shape index (κ2) is 7.72. The average molecular weight is 385 g/mol. The molecule has 1 saturated heterocycles.